The summed E-state index contributed by atoms with van der Waals surface area (Å²) in [4.78, 5) is 47.8. The Morgan fingerprint density at radius 1 is 0.710 bits per heavy atom. The number of nitrogens with one attached hydrogen (secondary N) is 3. The zero-order chi connectivity index (χ0) is 44.3. The van der Waals surface area contributed by atoms with E-state index in [1.165, 1.54) is 34.3 Å². The van der Waals surface area contributed by atoms with Crippen molar-refractivity contribution in [2.75, 3.05) is 39.3 Å². The maximum atomic E-state index is 13.3. The van der Waals surface area contributed by atoms with Gasteiger partial charge in [-0.1, -0.05) is 31.5 Å². The van der Waals surface area contributed by atoms with Gasteiger partial charge in [-0.3, -0.25) is 8.80 Å². The molecule has 1 aromatic carbocycles. The second kappa shape index (κ2) is 15.8. The first kappa shape index (κ1) is 42.3. The number of aryl methyl sites for hydroxylation is 1. The number of carbonyl (C=O) groups excluding carboxylic acids is 2. The number of carbonyl (C=O) groups is 2. The van der Waals surface area contributed by atoms with E-state index >= 15 is 0 Å². The molecule has 4 amide bonds. The molecule has 62 heavy (non-hydrogen) atoms. The SMILES string of the molecule is C[C@@H]1CN(C(=O)NCC(F)(F)F)C[C@@H]1c1cnc2cnc3[nH]ccc3n12.Cc1ccc(S(=O)(=O)n2ccc3c2ncc2ncc([C@H]4CN(C(=O)NCC(F)(F)F)C[C@H]4C)n23)cc1. The number of amides is 4. The number of alkyl halides is 6. The molecule has 4 atom stereocenters. The summed E-state index contributed by atoms with van der Waals surface area (Å²) in [5.74, 6) is -0.224. The first-order valence-corrected chi connectivity index (χ1v) is 20.9. The largest absolute Gasteiger partial charge is 0.405 e. The van der Waals surface area contributed by atoms with E-state index in [-0.39, 0.29) is 47.3 Å². The zero-order valence-corrected chi connectivity index (χ0v) is 34.1. The summed E-state index contributed by atoms with van der Waals surface area (Å²) in [5.41, 5.74) is 6.10. The molecule has 7 aromatic rings. The van der Waals surface area contributed by atoms with Crippen LogP contribution in [-0.2, 0) is 10.0 Å². The van der Waals surface area contributed by atoms with Gasteiger partial charge in [-0.15, -0.1) is 0 Å². The predicted molar refractivity (Wildman–Crippen MR) is 213 cm³/mol. The van der Waals surface area contributed by atoms with E-state index in [1.807, 2.05) is 41.9 Å². The number of H-pyrrole nitrogens is 1. The van der Waals surface area contributed by atoms with Crippen molar-refractivity contribution in [3.8, 4) is 0 Å². The molecular weight excluding hydrogens is 847 g/mol. The molecule has 6 aromatic heterocycles. The Kier molecular flexibility index (Phi) is 10.8. The molecule has 0 unspecified atom stereocenters. The first-order chi connectivity index (χ1) is 29.3. The quantitative estimate of drug-likeness (QED) is 0.169. The number of rotatable bonds is 6. The molecule has 2 fully saturated rings. The minimum Gasteiger partial charge on any atom is -0.345 e. The van der Waals surface area contributed by atoms with Crippen LogP contribution in [0.15, 0.2) is 78.5 Å². The summed E-state index contributed by atoms with van der Waals surface area (Å²) in [5, 5.41) is 3.85. The average molecular weight is 887 g/mol. The standard InChI is InChI=1S/C23H23F3N6O3S.C16H17F3N6O/c1-14-3-5-16(6-4-14)36(34,35)31-8-7-18-21(31)28-10-20-27-9-19(32(18)20)17-12-30(11-15(17)2)22(33)29-13-23(24,25)26;1-9-6-24(15(26)23-8-16(17,18)19)7-10(9)12-4-21-13-5-22-14-11(25(12)13)2-3-20-14/h3-10,15,17H,11-13H2,1-2H3,(H,29,33);2-5,9-10,20H,6-8H2,1H3,(H,23,26)/t15-,17+;9-,10+/m11/s1. The van der Waals surface area contributed by atoms with Crippen molar-refractivity contribution in [2.24, 2.45) is 11.8 Å². The number of hydrogen-bond donors (Lipinski definition) is 3. The molecule has 23 heteroatoms. The number of benzene rings is 1. The lowest BCUT2D eigenvalue weighted by molar-refractivity contribution is -0.123. The van der Waals surface area contributed by atoms with E-state index < -0.39 is 47.5 Å². The summed E-state index contributed by atoms with van der Waals surface area (Å²) in [6.45, 7) is 4.24. The van der Waals surface area contributed by atoms with Crippen molar-refractivity contribution < 1.29 is 44.3 Å². The number of aromatic amines is 1. The van der Waals surface area contributed by atoms with Crippen molar-refractivity contribution in [1.82, 2.24) is 58.1 Å². The van der Waals surface area contributed by atoms with Crippen LogP contribution in [0.2, 0.25) is 0 Å². The van der Waals surface area contributed by atoms with Gasteiger partial charge in [0.25, 0.3) is 10.0 Å². The van der Waals surface area contributed by atoms with E-state index in [4.69, 9.17) is 0 Å². The molecule has 16 nitrogen and oxygen atoms in total. The van der Waals surface area contributed by atoms with E-state index in [2.05, 4.69) is 24.9 Å². The van der Waals surface area contributed by atoms with Gasteiger partial charge in [0.2, 0.25) is 0 Å². The molecular formula is C39H40F6N12O4S. The predicted octanol–water partition coefficient (Wildman–Crippen LogP) is 6.05. The highest BCUT2D eigenvalue weighted by Gasteiger charge is 2.39. The normalized spacial score (nSPS) is 19.8. The van der Waals surface area contributed by atoms with E-state index in [0.29, 0.717) is 29.9 Å². The Morgan fingerprint density at radius 3 is 1.76 bits per heavy atom. The van der Waals surface area contributed by atoms with Gasteiger partial charge in [0.15, 0.2) is 22.6 Å². The fourth-order valence-corrected chi connectivity index (χ4v) is 9.49. The topological polar surface area (TPSA) is 180 Å². The summed E-state index contributed by atoms with van der Waals surface area (Å²) < 4.78 is 106. The molecule has 328 valence electrons. The van der Waals surface area contributed by atoms with E-state index in [1.54, 1.807) is 47.4 Å². The van der Waals surface area contributed by atoms with Crippen LogP contribution in [0.4, 0.5) is 35.9 Å². The number of aromatic nitrogens is 8. The highest BCUT2D eigenvalue weighted by molar-refractivity contribution is 7.90. The maximum absolute atomic E-state index is 13.3. The molecule has 0 saturated carbocycles. The summed E-state index contributed by atoms with van der Waals surface area (Å²) in [6.07, 6.45) is 0.834. The number of nitrogens with zero attached hydrogens (tertiary/aromatic N) is 9. The Labute approximate surface area is 349 Å². The maximum Gasteiger partial charge on any atom is 0.405 e. The second-order valence-electron chi connectivity index (χ2n) is 15.6. The molecule has 2 aliphatic heterocycles. The minimum atomic E-state index is -4.49. The van der Waals surface area contributed by atoms with Gasteiger partial charge < -0.3 is 25.4 Å². The molecule has 8 heterocycles. The molecule has 2 aliphatic rings. The monoisotopic (exact) mass is 886 g/mol. The highest BCUT2D eigenvalue weighted by Crippen LogP contribution is 2.36. The van der Waals surface area contributed by atoms with Gasteiger partial charge in [0, 0.05) is 74.2 Å². The summed E-state index contributed by atoms with van der Waals surface area (Å²) >= 11 is 0. The van der Waals surface area contributed by atoms with Crippen LogP contribution in [0, 0.1) is 18.8 Å². The van der Waals surface area contributed by atoms with E-state index in [9.17, 15) is 44.3 Å². The smallest absolute Gasteiger partial charge is 0.345 e. The second-order valence-corrected chi connectivity index (χ2v) is 17.5. The molecule has 0 spiro atoms. The van der Waals surface area contributed by atoms with Gasteiger partial charge >= 0.3 is 24.4 Å². The Bertz CT molecular complexity index is 2900. The summed E-state index contributed by atoms with van der Waals surface area (Å²) in [7, 11) is -3.90. The van der Waals surface area contributed by atoms with Gasteiger partial charge in [0.05, 0.1) is 28.3 Å². The lowest BCUT2D eigenvalue weighted by Gasteiger charge is -2.18. The number of imidazole rings is 2. The van der Waals surface area contributed by atoms with Crippen LogP contribution >= 0.6 is 0 Å². The molecule has 0 bridgehead atoms. The number of urea groups is 2. The van der Waals surface area contributed by atoms with Crippen molar-refractivity contribution >= 4 is 55.7 Å². The third-order valence-corrected chi connectivity index (χ3v) is 12.9. The lowest BCUT2D eigenvalue weighted by atomic mass is 9.95. The molecule has 3 N–H and O–H groups in total. The van der Waals surface area contributed by atoms with Crippen LogP contribution in [0.3, 0.4) is 0 Å². The van der Waals surface area contributed by atoms with Crippen molar-refractivity contribution in [2.45, 2.75) is 49.9 Å². The third kappa shape index (κ3) is 8.19. The van der Waals surface area contributed by atoms with Gasteiger partial charge in [0.1, 0.15) is 13.1 Å². The van der Waals surface area contributed by atoms with Crippen molar-refractivity contribution in [1.29, 1.82) is 0 Å². The minimum absolute atomic E-state index is 0.0258. The number of hydrogen-bond acceptors (Lipinski definition) is 8. The Balaban J connectivity index is 0.000000180. The summed E-state index contributed by atoms with van der Waals surface area (Å²) in [6, 6.07) is 8.57. The average Bonchev–Trinajstić information content (AvgIpc) is 4.07. The first-order valence-electron chi connectivity index (χ1n) is 19.4. The van der Waals surface area contributed by atoms with Crippen LogP contribution < -0.4 is 10.6 Å². The van der Waals surface area contributed by atoms with Crippen LogP contribution in [-0.4, -0.2) is 120 Å². The van der Waals surface area contributed by atoms with Crippen LogP contribution in [0.25, 0.3) is 33.6 Å². The number of likely N-dealkylation sites (tertiary alicyclic amines) is 2. The van der Waals surface area contributed by atoms with Gasteiger partial charge in [-0.2, -0.15) is 26.3 Å². The van der Waals surface area contributed by atoms with Gasteiger partial charge in [-0.05, 0) is 43.0 Å². The van der Waals surface area contributed by atoms with Crippen molar-refractivity contribution in [3.05, 3.63) is 90.5 Å². The zero-order valence-electron chi connectivity index (χ0n) is 33.3. The molecule has 9 rings (SSSR count). The third-order valence-electron chi connectivity index (χ3n) is 11.3. The fraction of sp³-hybridized carbons (Fsp3) is 0.385. The fourth-order valence-electron chi connectivity index (χ4n) is 8.19. The van der Waals surface area contributed by atoms with Gasteiger partial charge in [-0.25, -0.2) is 41.9 Å². The molecule has 2 saturated heterocycles. The number of halogens is 6. The Morgan fingerprint density at radius 2 is 1.23 bits per heavy atom. The highest BCUT2D eigenvalue weighted by atomic mass is 32.2. The Hall–Kier alpha value is -6.39. The molecule has 0 radical (unpaired) electrons. The van der Waals surface area contributed by atoms with Crippen molar-refractivity contribution in [3.63, 3.8) is 0 Å². The van der Waals surface area contributed by atoms with E-state index in [0.717, 1.165) is 32.1 Å². The lowest BCUT2D eigenvalue weighted by Crippen LogP contribution is -2.42. The number of fused-ring (bicyclic) bond motifs is 6. The van der Waals surface area contributed by atoms with Crippen LogP contribution in [0.5, 0.6) is 0 Å². The van der Waals surface area contributed by atoms with Crippen LogP contribution in [0.1, 0.15) is 42.6 Å². The molecule has 0 aliphatic carbocycles.